The van der Waals surface area contributed by atoms with Gasteiger partial charge >= 0.3 is 0 Å². The molecule has 0 aliphatic carbocycles. The summed E-state index contributed by atoms with van der Waals surface area (Å²) in [4.78, 5) is 27.8. The molecule has 222 valence electrons. The van der Waals surface area contributed by atoms with Crippen molar-refractivity contribution in [2.24, 2.45) is 4.99 Å². The minimum Gasteiger partial charge on any atom is -0.382 e. The predicted molar refractivity (Wildman–Crippen MR) is 158 cm³/mol. The first-order chi connectivity index (χ1) is 20.0. The molecule has 0 saturated carbocycles. The number of benzene rings is 2. The molecular formula is C28H30ClF2N7O3S. The maximum absolute atomic E-state index is 14.0. The van der Waals surface area contributed by atoms with E-state index in [1.54, 1.807) is 4.90 Å². The van der Waals surface area contributed by atoms with Crippen LogP contribution in [-0.2, 0) is 27.3 Å². The van der Waals surface area contributed by atoms with Gasteiger partial charge in [-0.2, -0.15) is 4.31 Å². The first-order valence-electron chi connectivity index (χ1n) is 13.0. The minimum atomic E-state index is -4.10. The Morgan fingerprint density at radius 2 is 1.90 bits per heavy atom. The van der Waals surface area contributed by atoms with Crippen molar-refractivity contribution in [1.82, 2.24) is 19.6 Å². The topological polar surface area (TPSA) is 134 Å². The Kier molecular flexibility index (Phi) is 9.54. The number of rotatable bonds is 10. The van der Waals surface area contributed by atoms with Crippen molar-refractivity contribution in [3.05, 3.63) is 89.4 Å². The third-order valence-corrected chi connectivity index (χ3v) is 8.96. The molecule has 3 aromatic rings. The van der Waals surface area contributed by atoms with Gasteiger partial charge in [0.25, 0.3) is 5.92 Å². The highest BCUT2D eigenvalue weighted by molar-refractivity contribution is 7.89. The van der Waals surface area contributed by atoms with E-state index in [1.807, 2.05) is 0 Å². The molecule has 1 fully saturated rings. The Labute approximate surface area is 248 Å². The zero-order chi connectivity index (χ0) is 30.5. The van der Waals surface area contributed by atoms with E-state index >= 15 is 0 Å². The molecule has 1 aliphatic heterocycles. The predicted octanol–water partition coefficient (Wildman–Crippen LogP) is 3.97. The number of sulfonamides is 1. The third-order valence-electron chi connectivity index (χ3n) is 6.78. The number of halogens is 3. The Morgan fingerprint density at radius 3 is 2.52 bits per heavy atom. The number of nitrogens with two attached hydrogens (primary N) is 1. The van der Waals surface area contributed by atoms with Crippen LogP contribution in [0.25, 0.3) is 0 Å². The van der Waals surface area contributed by atoms with E-state index in [2.05, 4.69) is 26.9 Å². The second-order valence-corrected chi connectivity index (χ2v) is 11.8. The van der Waals surface area contributed by atoms with Gasteiger partial charge in [-0.05, 0) is 29.8 Å². The summed E-state index contributed by atoms with van der Waals surface area (Å²) in [6, 6.07) is 10.2. The summed E-state index contributed by atoms with van der Waals surface area (Å²) < 4.78 is 56.4. The molecule has 1 amide bonds. The van der Waals surface area contributed by atoms with E-state index in [1.165, 1.54) is 74.1 Å². The summed E-state index contributed by atoms with van der Waals surface area (Å²) in [6.07, 6.45) is 3.86. The summed E-state index contributed by atoms with van der Waals surface area (Å²) in [6.45, 7) is 5.03. The highest BCUT2D eigenvalue weighted by atomic mass is 35.5. The van der Waals surface area contributed by atoms with Crippen LogP contribution in [0.15, 0.2) is 77.4 Å². The van der Waals surface area contributed by atoms with Crippen LogP contribution in [0.5, 0.6) is 0 Å². The molecule has 1 saturated heterocycles. The lowest BCUT2D eigenvalue weighted by atomic mass is 10.0. The van der Waals surface area contributed by atoms with Gasteiger partial charge in [0, 0.05) is 49.4 Å². The zero-order valence-electron chi connectivity index (χ0n) is 22.8. The van der Waals surface area contributed by atoms with Crippen molar-refractivity contribution >= 4 is 45.4 Å². The molecule has 2 heterocycles. The van der Waals surface area contributed by atoms with Gasteiger partial charge in [0.2, 0.25) is 15.9 Å². The molecule has 0 radical (unpaired) electrons. The highest BCUT2D eigenvalue weighted by Gasteiger charge is 2.40. The van der Waals surface area contributed by atoms with Crippen LogP contribution < -0.4 is 16.0 Å². The Bertz CT molecular complexity index is 1570. The number of nitrogen functional groups attached to an aromatic ring is 1. The average molecular weight is 618 g/mol. The lowest BCUT2D eigenvalue weighted by Crippen LogP contribution is -2.60. The van der Waals surface area contributed by atoms with E-state index < -0.39 is 27.9 Å². The number of piperazine rings is 1. The summed E-state index contributed by atoms with van der Waals surface area (Å²) in [5, 5.41) is 3.12. The fourth-order valence-electron chi connectivity index (χ4n) is 4.37. The molecule has 1 atom stereocenters. The van der Waals surface area contributed by atoms with E-state index in [0.29, 0.717) is 22.1 Å². The molecule has 3 N–H and O–H groups in total. The van der Waals surface area contributed by atoms with Crippen LogP contribution in [0.2, 0.25) is 5.02 Å². The summed E-state index contributed by atoms with van der Waals surface area (Å²) >= 11 is 5.95. The quantitative estimate of drug-likeness (QED) is 0.329. The molecule has 1 aromatic heterocycles. The first-order valence-corrected chi connectivity index (χ1v) is 14.8. The van der Waals surface area contributed by atoms with Crippen LogP contribution in [-0.4, -0.2) is 60.5 Å². The second-order valence-electron chi connectivity index (χ2n) is 9.46. The molecular weight excluding hydrogens is 588 g/mol. The van der Waals surface area contributed by atoms with Gasteiger partial charge in [0.05, 0.1) is 17.3 Å². The molecule has 10 nitrogen and oxygen atoms in total. The van der Waals surface area contributed by atoms with Gasteiger partial charge in [-0.3, -0.25) is 9.79 Å². The van der Waals surface area contributed by atoms with Crippen LogP contribution in [0, 0.1) is 0 Å². The number of alkyl halides is 2. The number of hydrogen-bond donors (Lipinski definition) is 2. The van der Waals surface area contributed by atoms with Gasteiger partial charge < -0.3 is 16.0 Å². The summed E-state index contributed by atoms with van der Waals surface area (Å²) in [5.41, 5.74) is 6.83. The molecule has 0 unspecified atom stereocenters. The third kappa shape index (κ3) is 6.92. The van der Waals surface area contributed by atoms with Gasteiger partial charge in [-0.1, -0.05) is 49.4 Å². The number of carbonyl (C=O) groups excluding carboxylic acids is 1. The number of aliphatic imine (C=N–C) groups is 1. The van der Waals surface area contributed by atoms with Gasteiger partial charge in [-0.25, -0.2) is 27.2 Å². The molecule has 0 spiro atoms. The molecule has 2 aromatic carbocycles. The van der Waals surface area contributed by atoms with Crippen LogP contribution in [0.3, 0.4) is 0 Å². The van der Waals surface area contributed by atoms with Crippen molar-refractivity contribution < 1.29 is 22.0 Å². The number of nitrogens with one attached hydrogen (secondary N) is 1. The first kappa shape index (κ1) is 31.0. The Morgan fingerprint density at radius 1 is 1.21 bits per heavy atom. The van der Waals surface area contributed by atoms with Crippen molar-refractivity contribution in [1.29, 1.82) is 0 Å². The maximum Gasteiger partial charge on any atom is 0.273 e. The molecule has 14 heteroatoms. The lowest BCUT2D eigenvalue weighted by molar-refractivity contribution is -0.125. The largest absolute Gasteiger partial charge is 0.382 e. The van der Waals surface area contributed by atoms with Gasteiger partial charge in [0.15, 0.2) is 5.82 Å². The SMILES string of the molecule is C=CN=Cc1ncc(N2CCN(S(=O)(=O)c3ccc(Cl)cc3)[C@@H](C(=O)NCc3ccc(C(F)(F)CC)cc3)C2)nc1N. The normalized spacial score (nSPS) is 16.5. The van der Waals surface area contributed by atoms with E-state index in [9.17, 15) is 22.0 Å². The number of aromatic nitrogens is 2. The van der Waals surface area contributed by atoms with Crippen LogP contribution >= 0.6 is 11.6 Å². The molecule has 4 rings (SSSR count). The van der Waals surface area contributed by atoms with Crippen molar-refractivity contribution in [2.45, 2.75) is 36.7 Å². The van der Waals surface area contributed by atoms with Crippen molar-refractivity contribution in [3.63, 3.8) is 0 Å². The summed E-state index contributed by atoms with van der Waals surface area (Å²) in [7, 11) is -4.10. The highest BCUT2D eigenvalue weighted by Crippen LogP contribution is 2.31. The molecule has 1 aliphatic rings. The second kappa shape index (κ2) is 12.9. The molecule has 42 heavy (non-hydrogen) atoms. The fourth-order valence-corrected chi connectivity index (χ4v) is 6.07. The average Bonchev–Trinajstić information content (AvgIpc) is 2.99. The lowest BCUT2D eigenvalue weighted by Gasteiger charge is -2.40. The van der Waals surface area contributed by atoms with E-state index in [4.69, 9.17) is 17.3 Å². The molecule has 0 bridgehead atoms. The fraction of sp³-hybridized carbons (Fsp3) is 0.286. The smallest absolute Gasteiger partial charge is 0.273 e. The van der Waals surface area contributed by atoms with Gasteiger partial charge in [0.1, 0.15) is 17.6 Å². The van der Waals surface area contributed by atoms with Gasteiger partial charge in [-0.15, -0.1) is 0 Å². The summed E-state index contributed by atoms with van der Waals surface area (Å²) in [5.74, 6) is -3.06. The standard InChI is InChI=1S/C28H30ClF2N7O3S/c1-3-28(30,31)20-7-5-19(6-8-20)15-35-27(39)24-18-37(25-17-34-23(16-33-4-2)26(32)36-25)13-14-38(24)42(40,41)22-11-9-21(29)10-12-22/h4-12,16-17,24H,2-3,13-15,18H2,1H3,(H2,32,36)(H,35,39)/t24-/m1/s1. The number of anilines is 2. The maximum atomic E-state index is 14.0. The van der Waals surface area contributed by atoms with E-state index in [-0.39, 0.29) is 48.9 Å². The Hall–Kier alpha value is -3.94. The monoisotopic (exact) mass is 617 g/mol. The van der Waals surface area contributed by atoms with Crippen LogP contribution in [0.4, 0.5) is 20.4 Å². The minimum absolute atomic E-state index is 0.00618. The Balaban J connectivity index is 1.58. The number of hydrogen-bond acceptors (Lipinski definition) is 8. The number of nitrogens with zero attached hydrogens (tertiary/aromatic N) is 5. The number of carbonyl (C=O) groups is 1. The van der Waals surface area contributed by atoms with Crippen LogP contribution in [0.1, 0.15) is 30.2 Å². The number of amides is 1. The zero-order valence-corrected chi connectivity index (χ0v) is 24.3. The van der Waals surface area contributed by atoms with Crippen molar-refractivity contribution in [2.75, 3.05) is 30.3 Å². The van der Waals surface area contributed by atoms with Crippen molar-refractivity contribution in [3.8, 4) is 0 Å². The van der Waals surface area contributed by atoms with E-state index in [0.717, 1.165) is 4.31 Å².